The molecule has 0 radical (unpaired) electrons. The maximum Gasteiger partial charge on any atom is 0.135 e. The van der Waals surface area contributed by atoms with Crippen LogP contribution < -0.4 is 4.74 Å². The van der Waals surface area contributed by atoms with Crippen LogP contribution in [0, 0.1) is 6.92 Å². The summed E-state index contributed by atoms with van der Waals surface area (Å²) in [5, 5.41) is 9.50. The second kappa shape index (κ2) is 3.56. The molecule has 0 amide bonds. The molecule has 0 spiro atoms. The Hall–Kier alpha value is -1.96. The third kappa shape index (κ3) is 1.52. The fourth-order valence-electron chi connectivity index (χ4n) is 1.93. The number of aliphatic hydroxyl groups is 1. The average molecular weight is 214 g/mol. The highest BCUT2D eigenvalue weighted by Gasteiger charge is 2.22. The number of allylic oxidation sites excluding steroid dienone is 1. The highest BCUT2D eigenvalue weighted by molar-refractivity contribution is 5.79. The fourth-order valence-corrected chi connectivity index (χ4v) is 1.93. The third-order valence-electron chi connectivity index (χ3n) is 2.72. The highest BCUT2D eigenvalue weighted by atomic mass is 16.5. The largest absolute Gasteiger partial charge is 0.508 e. The van der Waals surface area contributed by atoms with Crippen molar-refractivity contribution in [2.75, 3.05) is 0 Å². The summed E-state index contributed by atoms with van der Waals surface area (Å²) >= 11 is 0. The van der Waals surface area contributed by atoms with Crippen molar-refractivity contribution in [3.63, 3.8) is 0 Å². The number of fused-ring (bicyclic) bond motifs is 1. The van der Waals surface area contributed by atoms with Crippen LogP contribution in [0.2, 0.25) is 0 Å². The van der Waals surface area contributed by atoms with Gasteiger partial charge in [-0.15, -0.1) is 0 Å². The molecule has 0 aliphatic carbocycles. The van der Waals surface area contributed by atoms with Gasteiger partial charge in [0.2, 0.25) is 0 Å². The van der Waals surface area contributed by atoms with E-state index in [1.165, 1.54) is 0 Å². The predicted octanol–water partition coefficient (Wildman–Crippen LogP) is 3.75. The molecule has 0 atom stereocenters. The molecule has 0 aromatic heterocycles. The molecule has 1 aliphatic heterocycles. The zero-order valence-corrected chi connectivity index (χ0v) is 9.50. The van der Waals surface area contributed by atoms with Gasteiger partial charge in [-0.2, -0.15) is 0 Å². The minimum Gasteiger partial charge on any atom is -0.508 e. The predicted molar refractivity (Wildman–Crippen MR) is 65.3 cm³/mol. The van der Waals surface area contributed by atoms with E-state index in [9.17, 15) is 5.11 Å². The molecule has 0 unspecified atom stereocenters. The summed E-state index contributed by atoms with van der Waals surface area (Å²) in [6, 6.07) is 5.95. The molecule has 1 heterocycles. The Labute approximate surface area is 95.2 Å². The van der Waals surface area contributed by atoms with Gasteiger partial charge < -0.3 is 9.84 Å². The van der Waals surface area contributed by atoms with Crippen LogP contribution in [0.15, 0.2) is 48.4 Å². The van der Waals surface area contributed by atoms with Crippen LogP contribution in [0.25, 0.3) is 5.57 Å². The molecule has 1 aromatic rings. The maximum atomic E-state index is 9.50. The number of hydrogen-bond donors (Lipinski definition) is 1. The summed E-state index contributed by atoms with van der Waals surface area (Å²) in [5.74, 6) is 1.23. The van der Waals surface area contributed by atoms with Crippen molar-refractivity contribution in [2.24, 2.45) is 0 Å². The van der Waals surface area contributed by atoms with E-state index in [1.807, 2.05) is 32.0 Å². The Balaban J connectivity index is 2.67. The molecule has 1 aliphatic rings. The number of aliphatic hydroxyl groups excluding tert-OH is 1. The average Bonchev–Trinajstić information content (AvgIpc) is 2.15. The Morgan fingerprint density at radius 3 is 2.62 bits per heavy atom. The lowest BCUT2D eigenvalue weighted by molar-refractivity contribution is 0.390. The minimum atomic E-state index is -0.00581. The molecule has 16 heavy (non-hydrogen) atoms. The molecule has 1 N–H and O–H groups in total. The van der Waals surface area contributed by atoms with Crippen molar-refractivity contribution < 1.29 is 9.84 Å². The van der Waals surface area contributed by atoms with Gasteiger partial charge in [-0.25, -0.2) is 0 Å². The number of benzene rings is 1. The smallest absolute Gasteiger partial charge is 0.135 e. The van der Waals surface area contributed by atoms with Gasteiger partial charge in [0, 0.05) is 5.56 Å². The first-order valence-corrected chi connectivity index (χ1v) is 5.08. The van der Waals surface area contributed by atoms with Crippen LogP contribution in [-0.2, 0) is 0 Å². The first kappa shape index (κ1) is 10.6. The molecule has 0 bridgehead atoms. The van der Waals surface area contributed by atoms with Crippen LogP contribution >= 0.6 is 0 Å². The monoisotopic (exact) mass is 214 g/mol. The van der Waals surface area contributed by atoms with Crippen LogP contribution in [0.1, 0.15) is 18.1 Å². The Bertz CT molecular complexity index is 522. The van der Waals surface area contributed by atoms with Gasteiger partial charge in [0.25, 0.3) is 0 Å². The number of hydrogen-bond acceptors (Lipinski definition) is 2. The summed E-state index contributed by atoms with van der Waals surface area (Å²) in [6.45, 7) is 11.3. The number of rotatable bonds is 1. The van der Waals surface area contributed by atoms with Crippen LogP contribution in [0.4, 0.5) is 0 Å². The maximum absolute atomic E-state index is 9.50. The summed E-state index contributed by atoms with van der Waals surface area (Å²) in [7, 11) is 0. The Kier molecular flexibility index (Phi) is 2.35. The topological polar surface area (TPSA) is 29.5 Å². The summed E-state index contributed by atoms with van der Waals surface area (Å²) in [6.07, 6.45) is 0. The quantitative estimate of drug-likeness (QED) is 0.721. The fraction of sp³-hybridized carbons (Fsp3) is 0.143. The van der Waals surface area contributed by atoms with Crippen LogP contribution in [0.5, 0.6) is 5.75 Å². The highest BCUT2D eigenvalue weighted by Crippen LogP contribution is 2.39. The molecule has 1 aromatic carbocycles. The van der Waals surface area contributed by atoms with E-state index in [-0.39, 0.29) is 5.76 Å². The molecule has 0 fully saturated rings. The summed E-state index contributed by atoms with van der Waals surface area (Å²) < 4.78 is 5.58. The van der Waals surface area contributed by atoms with Gasteiger partial charge in [-0.3, -0.25) is 0 Å². The van der Waals surface area contributed by atoms with Gasteiger partial charge >= 0.3 is 0 Å². The van der Waals surface area contributed by atoms with Crippen molar-refractivity contribution in [3.05, 3.63) is 59.6 Å². The Morgan fingerprint density at radius 2 is 2.00 bits per heavy atom. The second-order valence-electron chi connectivity index (χ2n) is 3.97. The SMILES string of the molecule is C=C(O)C1=C(C)c2ccc(C)cc2OC1=C. The van der Waals surface area contributed by atoms with Crippen molar-refractivity contribution >= 4 is 5.57 Å². The van der Waals surface area contributed by atoms with E-state index in [0.717, 1.165) is 22.4 Å². The summed E-state index contributed by atoms with van der Waals surface area (Å²) in [4.78, 5) is 0. The van der Waals surface area contributed by atoms with Crippen LogP contribution in [0.3, 0.4) is 0 Å². The van der Waals surface area contributed by atoms with E-state index < -0.39 is 0 Å². The standard InChI is InChI=1S/C14H14O2/c1-8-5-6-12-9(2)14(10(3)15)11(4)16-13(12)7-8/h5-7,15H,3-4H2,1-2H3. The molecule has 0 saturated carbocycles. The van der Waals surface area contributed by atoms with Gasteiger partial charge in [-0.05, 0) is 31.1 Å². The van der Waals surface area contributed by atoms with E-state index in [2.05, 4.69) is 13.2 Å². The normalized spacial score (nSPS) is 14.5. The van der Waals surface area contributed by atoms with E-state index in [0.29, 0.717) is 11.3 Å². The second-order valence-corrected chi connectivity index (χ2v) is 3.97. The molecule has 2 heteroatoms. The van der Waals surface area contributed by atoms with Crippen molar-refractivity contribution in [2.45, 2.75) is 13.8 Å². The van der Waals surface area contributed by atoms with Crippen molar-refractivity contribution in [1.82, 2.24) is 0 Å². The molecule has 82 valence electrons. The first-order chi connectivity index (χ1) is 7.50. The number of ether oxygens (including phenoxy) is 1. The molecule has 2 nitrogen and oxygen atoms in total. The zero-order valence-electron chi connectivity index (χ0n) is 9.50. The van der Waals surface area contributed by atoms with Gasteiger partial charge in [-0.1, -0.05) is 25.3 Å². The lowest BCUT2D eigenvalue weighted by atomic mass is 9.95. The molecular weight excluding hydrogens is 200 g/mol. The summed E-state index contributed by atoms with van der Waals surface area (Å²) in [5.41, 5.74) is 3.64. The van der Waals surface area contributed by atoms with Gasteiger partial charge in [0.15, 0.2) is 0 Å². The minimum absolute atomic E-state index is 0.00581. The molecule has 2 rings (SSSR count). The Morgan fingerprint density at radius 1 is 1.31 bits per heavy atom. The lowest BCUT2D eigenvalue weighted by Crippen LogP contribution is -2.09. The molecule has 0 saturated heterocycles. The van der Waals surface area contributed by atoms with Crippen molar-refractivity contribution in [3.8, 4) is 5.75 Å². The third-order valence-corrected chi connectivity index (χ3v) is 2.72. The first-order valence-electron chi connectivity index (χ1n) is 5.08. The van der Waals surface area contributed by atoms with E-state index >= 15 is 0 Å². The van der Waals surface area contributed by atoms with E-state index in [4.69, 9.17) is 4.74 Å². The lowest BCUT2D eigenvalue weighted by Gasteiger charge is -2.23. The van der Waals surface area contributed by atoms with Crippen LogP contribution in [-0.4, -0.2) is 5.11 Å². The van der Waals surface area contributed by atoms with E-state index in [1.54, 1.807) is 0 Å². The molecular formula is C14H14O2. The number of aryl methyl sites for hydroxylation is 1. The zero-order chi connectivity index (χ0) is 11.9. The van der Waals surface area contributed by atoms with Crippen molar-refractivity contribution in [1.29, 1.82) is 0 Å². The van der Waals surface area contributed by atoms with Gasteiger partial charge in [0.1, 0.15) is 17.3 Å². The van der Waals surface area contributed by atoms with Gasteiger partial charge in [0.05, 0.1) is 5.57 Å².